The largest absolute Gasteiger partial charge is 0.508 e. The van der Waals surface area contributed by atoms with Gasteiger partial charge in [0, 0.05) is 11.1 Å². The standard InChI is InChI=1S/C22H23NO4/c1-13-8-5-6-11-16(13)23-18(14-9-7-10-15(24)12-14)17(19(25)21(23)27)20(26)22(2,3)4/h5-12,18,24-25H,1-4H3. The number of aromatic hydroxyl groups is 1. The first-order valence-electron chi connectivity index (χ1n) is 8.79. The Morgan fingerprint density at radius 2 is 1.70 bits per heavy atom. The lowest BCUT2D eigenvalue weighted by molar-refractivity contribution is -0.123. The van der Waals surface area contributed by atoms with Gasteiger partial charge in [0.2, 0.25) is 0 Å². The molecule has 5 heteroatoms. The minimum atomic E-state index is -0.808. The van der Waals surface area contributed by atoms with Gasteiger partial charge in [-0.1, -0.05) is 51.1 Å². The van der Waals surface area contributed by atoms with Crippen LogP contribution in [0.25, 0.3) is 0 Å². The fourth-order valence-electron chi connectivity index (χ4n) is 3.33. The van der Waals surface area contributed by atoms with Crippen molar-refractivity contribution in [3.05, 3.63) is 71.0 Å². The lowest BCUT2D eigenvalue weighted by Gasteiger charge is -2.30. The van der Waals surface area contributed by atoms with Gasteiger partial charge in [-0.3, -0.25) is 14.5 Å². The zero-order valence-electron chi connectivity index (χ0n) is 15.9. The van der Waals surface area contributed by atoms with Gasteiger partial charge < -0.3 is 10.2 Å². The van der Waals surface area contributed by atoms with E-state index in [2.05, 4.69) is 0 Å². The number of carbonyl (C=O) groups excluding carboxylic acids is 2. The molecule has 0 bridgehead atoms. The molecule has 0 radical (unpaired) electrons. The summed E-state index contributed by atoms with van der Waals surface area (Å²) in [5, 5.41) is 20.6. The molecule has 5 nitrogen and oxygen atoms in total. The zero-order chi connectivity index (χ0) is 19.9. The van der Waals surface area contributed by atoms with Gasteiger partial charge in [0.15, 0.2) is 11.5 Å². The van der Waals surface area contributed by atoms with E-state index < -0.39 is 23.1 Å². The van der Waals surface area contributed by atoms with Gasteiger partial charge in [0.1, 0.15) is 5.75 Å². The van der Waals surface area contributed by atoms with Gasteiger partial charge in [-0.25, -0.2) is 0 Å². The second kappa shape index (κ2) is 6.58. The third kappa shape index (κ3) is 3.21. The van der Waals surface area contributed by atoms with Crippen molar-refractivity contribution in [2.45, 2.75) is 33.7 Å². The quantitative estimate of drug-likeness (QED) is 0.854. The summed E-state index contributed by atoms with van der Waals surface area (Å²) in [6.07, 6.45) is 0. The molecule has 0 aliphatic carbocycles. The number of rotatable bonds is 3. The Kier molecular flexibility index (Phi) is 4.56. The molecule has 0 saturated carbocycles. The Hall–Kier alpha value is -3.08. The summed E-state index contributed by atoms with van der Waals surface area (Å²) in [5.41, 5.74) is 1.29. The van der Waals surface area contributed by atoms with Crippen LogP contribution in [0.3, 0.4) is 0 Å². The third-order valence-corrected chi connectivity index (χ3v) is 4.69. The summed E-state index contributed by atoms with van der Waals surface area (Å²) in [7, 11) is 0. The van der Waals surface area contributed by atoms with Gasteiger partial charge in [-0.05, 0) is 36.2 Å². The summed E-state index contributed by atoms with van der Waals surface area (Å²) in [4.78, 5) is 27.5. The first kappa shape index (κ1) is 18.7. The summed E-state index contributed by atoms with van der Waals surface area (Å²) in [6, 6.07) is 12.9. The van der Waals surface area contributed by atoms with Crippen molar-refractivity contribution >= 4 is 17.4 Å². The molecule has 0 spiro atoms. The van der Waals surface area contributed by atoms with E-state index in [1.54, 1.807) is 45.0 Å². The molecule has 0 aromatic heterocycles. The maximum atomic E-state index is 13.1. The van der Waals surface area contributed by atoms with Crippen molar-refractivity contribution in [2.75, 3.05) is 4.90 Å². The van der Waals surface area contributed by atoms with E-state index in [1.165, 1.54) is 17.0 Å². The number of aliphatic hydroxyl groups excluding tert-OH is 1. The maximum Gasteiger partial charge on any atom is 0.294 e. The fourth-order valence-corrected chi connectivity index (χ4v) is 3.33. The maximum absolute atomic E-state index is 13.1. The number of amides is 1. The zero-order valence-corrected chi connectivity index (χ0v) is 15.9. The van der Waals surface area contributed by atoms with E-state index >= 15 is 0 Å². The number of aliphatic hydroxyl groups is 1. The number of Topliss-reactive ketones (excluding diaryl/α,β-unsaturated/α-hetero) is 1. The SMILES string of the molecule is Cc1ccccc1N1C(=O)C(O)=C(C(=O)C(C)(C)C)C1c1cccc(O)c1. The smallest absolute Gasteiger partial charge is 0.294 e. The normalized spacial score (nSPS) is 17.6. The molecule has 0 saturated heterocycles. The molecule has 0 fully saturated rings. The second-order valence-electron chi connectivity index (χ2n) is 7.80. The summed E-state index contributed by atoms with van der Waals surface area (Å²) >= 11 is 0. The third-order valence-electron chi connectivity index (χ3n) is 4.69. The average Bonchev–Trinajstić information content (AvgIpc) is 2.85. The molecule has 27 heavy (non-hydrogen) atoms. The molecular formula is C22H23NO4. The number of ketones is 1. The van der Waals surface area contributed by atoms with Crippen molar-refractivity contribution in [1.29, 1.82) is 0 Å². The number of aryl methyl sites for hydroxylation is 1. The molecule has 2 aromatic rings. The van der Waals surface area contributed by atoms with E-state index in [-0.39, 0.29) is 17.1 Å². The molecule has 2 aromatic carbocycles. The number of hydrogen-bond acceptors (Lipinski definition) is 4. The van der Waals surface area contributed by atoms with Crippen LogP contribution in [0.2, 0.25) is 0 Å². The van der Waals surface area contributed by atoms with Crippen LogP contribution in [-0.2, 0) is 9.59 Å². The summed E-state index contributed by atoms with van der Waals surface area (Å²) < 4.78 is 0. The number of benzene rings is 2. The Bertz CT molecular complexity index is 953. The van der Waals surface area contributed by atoms with E-state index in [9.17, 15) is 19.8 Å². The predicted octanol–water partition coefficient (Wildman–Crippen LogP) is 4.22. The van der Waals surface area contributed by atoms with Crippen molar-refractivity contribution in [3.63, 3.8) is 0 Å². The topological polar surface area (TPSA) is 77.8 Å². The number of phenolic OH excluding ortho intramolecular Hbond substituents is 1. The number of anilines is 1. The molecule has 2 N–H and O–H groups in total. The number of phenols is 1. The highest BCUT2D eigenvalue weighted by Gasteiger charge is 2.47. The molecule has 1 heterocycles. The second-order valence-corrected chi connectivity index (χ2v) is 7.80. The van der Waals surface area contributed by atoms with Crippen LogP contribution in [0.4, 0.5) is 5.69 Å². The highest BCUT2D eigenvalue weighted by molar-refractivity contribution is 6.17. The van der Waals surface area contributed by atoms with Crippen molar-refractivity contribution in [2.24, 2.45) is 5.41 Å². The first-order valence-corrected chi connectivity index (χ1v) is 8.79. The van der Waals surface area contributed by atoms with Crippen LogP contribution in [0, 0.1) is 12.3 Å². The monoisotopic (exact) mass is 365 g/mol. The fraction of sp³-hybridized carbons (Fsp3) is 0.273. The molecule has 1 unspecified atom stereocenters. The Morgan fingerprint density at radius 3 is 2.30 bits per heavy atom. The molecule has 140 valence electrons. The molecule has 3 rings (SSSR count). The number of carbonyl (C=O) groups is 2. The van der Waals surface area contributed by atoms with Gasteiger partial charge in [-0.2, -0.15) is 0 Å². The van der Waals surface area contributed by atoms with Crippen LogP contribution in [-0.4, -0.2) is 21.9 Å². The number of para-hydroxylation sites is 1. The van der Waals surface area contributed by atoms with E-state index in [4.69, 9.17) is 0 Å². The van der Waals surface area contributed by atoms with Crippen LogP contribution in [0.1, 0.15) is 37.9 Å². The van der Waals surface area contributed by atoms with Crippen LogP contribution in [0.15, 0.2) is 59.9 Å². The predicted molar refractivity (Wildman–Crippen MR) is 104 cm³/mol. The molecule has 1 aliphatic heterocycles. The van der Waals surface area contributed by atoms with Gasteiger partial charge in [0.25, 0.3) is 5.91 Å². The lowest BCUT2D eigenvalue weighted by Crippen LogP contribution is -2.33. The van der Waals surface area contributed by atoms with E-state index in [0.717, 1.165) is 5.56 Å². The van der Waals surface area contributed by atoms with Crippen molar-refractivity contribution < 1.29 is 19.8 Å². The van der Waals surface area contributed by atoms with Crippen LogP contribution in [0.5, 0.6) is 5.75 Å². The lowest BCUT2D eigenvalue weighted by atomic mass is 9.82. The average molecular weight is 365 g/mol. The minimum absolute atomic E-state index is 0.0265. The van der Waals surface area contributed by atoms with Crippen molar-refractivity contribution in [3.8, 4) is 5.75 Å². The van der Waals surface area contributed by atoms with E-state index in [1.807, 2.05) is 19.1 Å². The first-order chi connectivity index (χ1) is 12.6. The number of nitrogens with zero attached hydrogens (tertiary/aromatic N) is 1. The highest BCUT2D eigenvalue weighted by Crippen LogP contribution is 2.44. The molecule has 1 amide bonds. The van der Waals surface area contributed by atoms with Gasteiger partial charge in [0.05, 0.1) is 11.6 Å². The minimum Gasteiger partial charge on any atom is -0.508 e. The number of hydrogen-bond donors (Lipinski definition) is 2. The van der Waals surface area contributed by atoms with Gasteiger partial charge >= 0.3 is 0 Å². The molecule has 1 aliphatic rings. The Balaban J connectivity index is 2.25. The summed E-state index contributed by atoms with van der Waals surface area (Å²) in [6.45, 7) is 7.10. The highest BCUT2D eigenvalue weighted by atomic mass is 16.3. The summed E-state index contributed by atoms with van der Waals surface area (Å²) in [5.74, 6) is -1.44. The molecule has 1 atom stereocenters. The molecular weight excluding hydrogens is 342 g/mol. The van der Waals surface area contributed by atoms with Crippen LogP contribution >= 0.6 is 0 Å². The van der Waals surface area contributed by atoms with Crippen molar-refractivity contribution in [1.82, 2.24) is 0 Å². The van der Waals surface area contributed by atoms with Crippen LogP contribution < -0.4 is 4.90 Å². The van der Waals surface area contributed by atoms with Gasteiger partial charge in [-0.15, -0.1) is 0 Å². The Labute approximate surface area is 158 Å². The Morgan fingerprint density at radius 1 is 1.04 bits per heavy atom. The van der Waals surface area contributed by atoms with E-state index in [0.29, 0.717) is 11.3 Å².